The van der Waals surface area contributed by atoms with E-state index in [9.17, 15) is 4.79 Å². The highest BCUT2D eigenvalue weighted by molar-refractivity contribution is 5.75. The molecule has 6 nitrogen and oxygen atoms in total. The first-order valence-electron chi connectivity index (χ1n) is 6.54. The molecule has 110 valence electrons. The molecule has 0 saturated carbocycles. The van der Waals surface area contributed by atoms with Gasteiger partial charge in [-0.2, -0.15) is 0 Å². The topological polar surface area (TPSA) is 73.4 Å². The third-order valence-corrected chi connectivity index (χ3v) is 2.54. The Bertz CT molecular complexity index is 631. The van der Waals surface area contributed by atoms with Gasteiger partial charge >= 0.3 is 0 Å². The third kappa shape index (κ3) is 5.10. The van der Waals surface area contributed by atoms with Crippen LogP contribution < -0.4 is 5.43 Å². The van der Waals surface area contributed by atoms with E-state index in [0.717, 1.165) is 26.3 Å². The first-order valence-corrected chi connectivity index (χ1v) is 6.54. The summed E-state index contributed by atoms with van der Waals surface area (Å²) in [6.45, 7) is 3.25. The number of hydrogen-bond donors (Lipinski definition) is 0. The van der Waals surface area contributed by atoms with E-state index in [1.165, 1.54) is 25.1 Å². The largest absolute Gasteiger partial charge is 0.482 e. The van der Waals surface area contributed by atoms with Crippen LogP contribution in [0.3, 0.4) is 0 Å². The lowest BCUT2D eigenvalue weighted by atomic mass is 10.2. The number of hydrogen-bond acceptors (Lipinski definition) is 6. The maximum atomic E-state index is 11.1. The van der Waals surface area contributed by atoms with Gasteiger partial charge in [0, 0.05) is 6.07 Å². The molecule has 0 saturated heterocycles. The van der Waals surface area contributed by atoms with Crippen molar-refractivity contribution in [2.24, 2.45) is 9.98 Å². The average molecular weight is 288 g/mol. The Kier molecular flexibility index (Phi) is 6.00. The number of rotatable bonds is 0. The van der Waals surface area contributed by atoms with Crippen molar-refractivity contribution in [3.8, 4) is 0 Å². The number of ether oxygens (including phenoxy) is 2. The fourth-order valence-electron chi connectivity index (χ4n) is 1.56. The Hall–Kier alpha value is -2.63. The van der Waals surface area contributed by atoms with Crippen LogP contribution in [-0.4, -0.2) is 39.1 Å². The van der Waals surface area contributed by atoms with Crippen LogP contribution in [0.5, 0.6) is 0 Å². The summed E-state index contributed by atoms with van der Waals surface area (Å²) in [7, 11) is 0. The van der Waals surface area contributed by atoms with Crippen LogP contribution >= 0.6 is 0 Å². The van der Waals surface area contributed by atoms with E-state index in [4.69, 9.17) is 4.42 Å². The van der Waals surface area contributed by atoms with Crippen molar-refractivity contribution in [2.45, 2.75) is 0 Å². The molecule has 4 rings (SSSR count). The smallest absolute Gasteiger partial charge is 0.192 e. The molecule has 0 aliphatic carbocycles. The molecule has 0 N–H and O–H groups in total. The van der Waals surface area contributed by atoms with Gasteiger partial charge in [-0.3, -0.25) is 14.8 Å². The summed E-state index contributed by atoms with van der Waals surface area (Å²) >= 11 is 0. The molecule has 3 heterocycles. The summed E-state index contributed by atoms with van der Waals surface area (Å²) < 4.78 is 14.4. The van der Waals surface area contributed by atoms with Crippen LogP contribution in [0.4, 0.5) is 0 Å². The molecule has 0 unspecified atom stereocenters. The molecule has 1 aromatic carbocycles. The fourth-order valence-corrected chi connectivity index (χ4v) is 1.56. The molecule has 21 heavy (non-hydrogen) atoms. The van der Waals surface area contributed by atoms with Gasteiger partial charge in [0.1, 0.15) is 18.8 Å². The Morgan fingerprint density at radius 1 is 0.905 bits per heavy atom. The highest BCUT2D eigenvalue weighted by atomic mass is 16.5. The van der Waals surface area contributed by atoms with Crippen LogP contribution in [0.1, 0.15) is 0 Å². The molecule has 6 heteroatoms. The lowest BCUT2D eigenvalue weighted by Crippen LogP contribution is -1.96. The molecule has 0 amide bonds. The van der Waals surface area contributed by atoms with Crippen LogP contribution in [0.15, 0.2) is 55.8 Å². The predicted molar refractivity (Wildman–Crippen MR) is 81.1 cm³/mol. The van der Waals surface area contributed by atoms with Gasteiger partial charge in [-0.05, 0) is 12.1 Å². The normalized spacial score (nSPS) is 14.5. The Morgan fingerprint density at radius 3 is 2.05 bits per heavy atom. The Balaban J connectivity index is 0.000000134. The van der Waals surface area contributed by atoms with Gasteiger partial charge in [-0.15, -0.1) is 0 Å². The first-order chi connectivity index (χ1) is 10.4. The molecule has 0 spiro atoms. The van der Waals surface area contributed by atoms with Crippen molar-refractivity contribution in [1.82, 2.24) is 0 Å². The van der Waals surface area contributed by atoms with Crippen molar-refractivity contribution in [2.75, 3.05) is 26.3 Å². The second kappa shape index (κ2) is 8.52. The van der Waals surface area contributed by atoms with Gasteiger partial charge in [-0.25, -0.2) is 0 Å². The van der Waals surface area contributed by atoms with E-state index in [-0.39, 0.29) is 5.43 Å². The van der Waals surface area contributed by atoms with Crippen molar-refractivity contribution < 1.29 is 13.9 Å². The first kappa shape index (κ1) is 14.8. The molecule has 0 bridgehead atoms. The quantitative estimate of drug-likeness (QED) is 0.742. The van der Waals surface area contributed by atoms with E-state index >= 15 is 0 Å². The molecule has 0 atom stereocenters. The molecular formula is C15H16N2O4. The fraction of sp³-hybridized carbons (Fsp3) is 0.267. The average Bonchev–Trinajstić information content (AvgIpc) is 3.26. The minimum absolute atomic E-state index is 0.00634. The van der Waals surface area contributed by atoms with E-state index < -0.39 is 0 Å². The zero-order valence-electron chi connectivity index (χ0n) is 11.5. The number of nitrogens with zero attached hydrogens (tertiary/aromatic N) is 2. The zero-order valence-corrected chi connectivity index (χ0v) is 11.5. The van der Waals surface area contributed by atoms with E-state index in [0.29, 0.717) is 11.0 Å². The maximum Gasteiger partial charge on any atom is 0.192 e. The van der Waals surface area contributed by atoms with Crippen LogP contribution in [0, 0.1) is 0 Å². The van der Waals surface area contributed by atoms with E-state index in [1.807, 2.05) is 12.1 Å². The zero-order chi connectivity index (χ0) is 14.8. The van der Waals surface area contributed by atoms with Crippen molar-refractivity contribution in [1.29, 1.82) is 0 Å². The van der Waals surface area contributed by atoms with Gasteiger partial charge in [0.2, 0.25) is 0 Å². The van der Waals surface area contributed by atoms with Gasteiger partial charge < -0.3 is 13.9 Å². The number of aliphatic imine (C=N–C) groups is 2. The minimum atomic E-state index is 0.00634. The minimum Gasteiger partial charge on any atom is -0.482 e. The highest BCUT2D eigenvalue weighted by Gasteiger charge is 1.95. The summed E-state index contributed by atoms with van der Waals surface area (Å²) in [4.78, 5) is 18.6. The van der Waals surface area contributed by atoms with Gasteiger partial charge in [0.15, 0.2) is 18.2 Å². The number of fused-ring (bicyclic) bond motifs is 1. The molecule has 0 fully saturated rings. The molecule has 2 aromatic rings. The van der Waals surface area contributed by atoms with Crippen LogP contribution in [0.2, 0.25) is 0 Å². The molecular weight excluding hydrogens is 272 g/mol. The SMILES string of the molecule is C1=NCCO1.C1=NCCO1.O=c1ccoc2ccccc12. The van der Waals surface area contributed by atoms with Gasteiger partial charge in [0.25, 0.3) is 0 Å². The van der Waals surface area contributed by atoms with Crippen molar-refractivity contribution in [3.63, 3.8) is 0 Å². The molecule has 1 aromatic heterocycles. The van der Waals surface area contributed by atoms with Gasteiger partial charge in [-0.1, -0.05) is 12.1 Å². The highest BCUT2D eigenvalue weighted by Crippen LogP contribution is 2.06. The second-order valence-corrected chi connectivity index (χ2v) is 4.05. The third-order valence-electron chi connectivity index (χ3n) is 2.54. The lowest BCUT2D eigenvalue weighted by molar-refractivity contribution is 0.361. The molecule has 2 aliphatic heterocycles. The van der Waals surface area contributed by atoms with Crippen molar-refractivity contribution in [3.05, 3.63) is 46.8 Å². The van der Waals surface area contributed by atoms with E-state index in [2.05, 4.69) is 19.5 Å². The number of para-hydroxylation sites is 1. The summed E-state index contributed by atoms with van der Waals surface area (Å²) in [6, 6.07) is 8.60. The summed E-state index contributed by atoms with van der Waals surface area (Å²) in [5.74, 6) is 0. The summed E-state index contributed by atoms with van der Waals surface area (Å²) in [5, 5.41) is 0.634. The summed E-state index contributed by atoms with van der Waals surface area (Å²) in [5.41, 5.74) is 0.645. The lowest BCUT2D eigenvalue weighted by Gasteiger charge is -1.91. The Morgan fingerprint density at radius 2 is 1.57 bits per heavy atom. The molecule has 0 radical (unpaired) electrons. The summed E-state index contributed by atoms with van der Waals surface area (Å²) in [6.07, 6.45) is 4.38. The van der Waals surface area contributed by atoms with Crippen LogP contribution in [-0.2, 0) is 9.47 Å². The molecule has 2 aliphatic rings. The van der Waals surface area contributed by atoms with Crippen LogP contribution in [0.25, 0.3) is 11.0 Å². The second-order valence-electron chi connectivity index (χ2n) is 4.05. The van der Waals surface area contributed by atoms with Crippen molar-refractivity contribution >= 4 is 23.8 Å². The standard InChI is InChI=1S/C9H6O2.2C3H5NO/c10-8-5-6-11-9-4-2-1-3-7(8)9;2*1-2-5-3-4-1/h1-6H;2*3H,1-2H2. The van der Waals surface area contributed by atoms with Gasteiger partial charge in [0.05, 0.1) is 24.7 Å². The van der Waals surface area contributed by atoms with E-state index in [1.54, 1.807) is 12.1 Å². The monoisotopic (exact) mass is 288 g/mol. The number of benzene rings is 1. The Labute approximate surface area is 121 Å². The maximum absolute atomic E-state index is 11.1. The predicted octanol–water partition coefficient (Wildman–Crippen LogP) is 1.88.